The van der Waals surface area contributed by atoms with Crippen molar-refractivity contribution in [2.45, 2.75) is 20.0 Å². The third kappa shape index (κ3) is 4.56. The van der Waals surface area contributed by atoms with E-state index in [-0.39, 0.29) is 11.2 Å². The quantitative estimate of drug-likeness (QED) is 0.506. The predicted molar refractivity (Wildman–Crippen MR) is 94.2 cm³/mol. The Morgan fingerprint density at radius 2 is 1.64 bits per heavy atom. The molecular weight excluding hydrogens is 294 g/mol. The maximum absolute atomic E-state index is 5.66. The zero-order valence-corrected chi connectivity index (χ0v) is 13.4. The molecule has 0 spiro atoms. The van der Waals surface area contributed by atoms with Crippen molar-refractivity contribution in [2.75, 3.05) is 0 Å². The molecule has 4 nitrogen and oxygen atoms in total. The molecule has 0 aliphatic heterocycles. The van der Waals surface area contributed by atoms with Gasteiger partial charge in [0.15, 0.2) is 5.11 Å². The Bertz CT molecular complexity index is 651. The molecule has 5 heteroatoms. The largest absolute Gasteiger partial charge is 0.491 e. The highest BCUT2D eigenvalue weighted by molar-refractivity contribution is 7.80. The van der Waals surface area contributed by atoms with Crippen molar-refractivity contribution in [2.24, 2.45) is 10.8 Å². The van der Waals surface area contributed by atoms with Crippen LogP contribution < -0.4 is 15.9 Å². The standard InChI is InChI=1S/C17H19N3OS/c1-12(2)21-15-10-8-14(9-11-15)16(19-20-17(18)22)13-6-4-3-5-7-13/h3-12H,1-2H3,(H3,18,20,22). The summed E-state index contributed by atoms with van der Waals surface area (Å²) in [5.41, 5.74) is 10.8. The molecule has 0 saturated heterocycles. The molecule has 0 aromatic heterocycles. The third-order valence-corrected chi connectivity index (χ3v) is 2.92. The smallest absolute Gasteiger partial charge is 0.184 e. The van der Waals surface area contributed by atoms with Gasteiger partial charge in [0.1, 0.15) is 5.75 Å². The Balaban J connectivity index is 2.33. The van der Waals surface area contributed by atoms with Crippen LogP contribution in [0.1, 0.15) is 25.0 Å². The molecule has 0 saturated carbocycles. The van der Waals surface area contributed by atoms with E-state index in [9.17, 15) is 0 Å². The predicted octanol–water partition coefficient (Wildman–Crippen LogP) is 3.06. The molecule has 0 atom stereocenters. The lowest BCUT2D eigenvalue weighted by atomic mass is 10.0. The van der Waals surface area contributed by atoms with Gasteiger partial charge in [0.2, 0.25) is 0 Å². The summed E-state index contributed by atoms with van der Waals surface area (Å²) in [6, 6.07) is 17.6. The summed E-state index contributed by atoms with van der Waals surface area (Å²) in [7, 11) is 0. The van der Waals surface area contributed by atoms with Gasteiger partial charge in [0.05, 0.1) is 11.8 Å². The highest BCUT2D eigenvalue weighted by Crippen LogP contribution is 2.17. The van der Waals surface area contributed by atoms with Crippen molar-refractivity contribution in [3.05, 3.63) is 65.7 Å². The molecule has 2 rings (SSSR count). The molecule has 0 aliphatic carbocycles. The molecule has 0 unspecified atom stereocenters. The van der Waals surface area contributed by atoms with Gasteiger partial charge in [-0.3, -0.25) is 5.43 Å². The van der Waals surface area contributed by atoms with Gasteiger partial charge in [-0.25, -0.2) is 0 Å². The van der Waals surface area contributed by atoms with Gasteiger partial charge in [-0.2, -0.15) is 5.10 Å². The SMILES string of the molecule is CC(C)Oc1ccc(C(=NNC(N)=S)c2ccccc2)cc1. The van der Waals surface area contributed by atoms with E-state index in [2.05, 4.69) is 10.5 Å². The normalized spacial score (nSPS) is 11.3. The summed E-state index contributed by atoms with van der Waals surface area (Å²) in [5.74, 6) is 0.827. The maximum atomic E-state index is 5.66. The first-order valence-corrected chi connectivity index (χ1v) is 7.42. The van der Waals surface area contributed by atoms with Crippen molar-refractivity contribution in [3.63, 3.8) is 0 Å². The molecule has 0 fully saturated rings. The van der Waals surface area contributed by atoms with Crippen molar-refractivity contribution in [3.8, 4) is 5.75 Å². The highest BCUT2D eigenvalue weighted by atomic mass is 32.1. The zero-order chi connectivity index (χ0) is 15.9. The number of ether oxygens (including phenoxy) is 1. The van der Waals surface area contributed by atoms with Crippen LogP contribution in [0.2, 0.25) is 0 Å². The van der Waals surface area contributed by atoms with Crippen LogP contribution in [0.5, 0.6) is 5.75 Å². The Hall–Kier alpha value is -2.40. The first-order valence-electron chi connectivity index (χ1n) is 7.02. The highest BCUT2D eigenvalue weighted by Gasteiger charge is 2.08. The number of hydrazone groups is 1. The zero-order valence-electron chi connectivity index (χ0n) is 12.6. The minimum absolute atomic E-state index is 0.133. The molecule has 2 aromatic carbocycles. The Morgan fingerprint density at radius 1 is 1.05 bits per heavy atom. The first-order chi connectivity index (χ1) is 10.6. The average molecular weight is 313 g/mol. The molecule has 114 valence electrons. The van der Waals surface area contributed by atoms with E-state index in [1.54, 1.807) is 0 Å². The van der Waals surface area contributed by atoms with E-state index < -0.39 is 0 Å². The maximum Gasteiger partial charge on any atom is 0.184 e. The number of hydrogen-bond donors (Lipinski definition) is 2. The van der Waals surface area contributed by atoms with E-state index in [0.29, 0.717) is 0 Å². The summed E-state index contributed by atoms with van der Waals surface area (Å²) < 4.78 is 5.66. The first kappa shape index (κ1) is 16.0. The number of nitrogens with zero attached hydrogens (tertiary/aromatic N) is 1. The molecule has 0 amide bonds. The number of thiocarbonyl (C=S) groups is 1. The van der Waals surface area contributed by atoms with E-state index >= 15 is 0 Å². The molecule has 3 N–H and O–H groups in total. The summed E-state index contributed by atoms with van der Waals surface area (Å²) in [4.78, 5) is 0. The van der Waals surface area contributed by atoms with Crippen LogP contribution in [0.3, 0.4) is 0 Å². The molecule has 2 aromatic rings. The van der Waals surface area contributed by atoms with E-state index in [0.717, 1.165) is 22.6 Å². The van der Waals surface area contributed by atoms with Crippen LogP contribution >= 0.6 is 12.2 Å². The number of hydrogen-bond acceptors (Lipinski definition) is 3. The second-order valence-corrected chi connectivity index (χ2v) is 5.43. The fourth-order valence-corrected chi connectivity index (χ4v) is 2.01. The van der Waals surface area contributed by atoms with Crippen LogP contribution in [0.25, 0.3) is 0 Å². The van der Waals surface area contributed by atoms with Crippen LogP contribution in [-0.2, 0) is 0 Å². The van der Waals surface area contributed by atoms with Gasteiger partial charge < -0.3 is 10.5 Å². The van der Waals surface area contributed by atoms with Gasteiger partial charge in [-0.05, 0) is 50.3 Å². The van der Waals surface area contributed by atoms with Gasteiger partial charge in [-0.1, -0.05) is 30.3 Å². The van der Waals surface area contributed by atoms with E-state index in [1.165, 1.54) is 0 Å². The minimum Gasteiger partial charge on any atom is -0.491 e. The number of rotatable bonds is 5. The second kappa shape index (κ2) is 7.56. The number of nitrogens with two attached hydrogens (primary N) is 1. The van der Waals surface area contributed by atoms with E-state index in [4.69, 9.17) is 22.7 Å². The number of benzene rings is 2. The van der Waals surface area contributed by atoms with Crippen LogP contribution in [0.4, 0.5) is 0 Å². The topological polar surface area (TPSA) is 59.6 Å². The van der Waals surface area contributed by atoms with Crippen molar-refractivity contribution >= 4 is 23.0 Å². The molecule has 22 heavy (non-hydrogen) atoms. The monoisotopic (exact) mass is 313 g/mol. The minimum atomic E-state index is 0.133. The molecular formula is C17H19N3OS. The Morgan fingerprint density at radius 3 is 2.18 bits per heavy atom. The lowest BCUT2D eigenvalue weighted by Gasteiger charge is -2.11. The van der Waals surface area contributed by atoms with Crippen molar-refractivity contribution in [1.82, 2.24) is 5.43 Å². The Labute approximate surface area is 136 Å². The lowest BCUT2D eigenvalue weighted by molar-refractivity contribution is 0.242. The third-order valence-electron chi connectivity index (χ3n) is 2.82. The van der Waals surface area contributed by atoms with Crippen LogP contribution in [0.15, 0.2) is 59.7 Å². The summed E-state index contributed by atoms with van der Waals surface area (Å²) in [6.07, 6.45) is 0.143. The van der Waals surface area contributed by atoms with E-state index in [1.807, 2.05) is 68.4 Å². The second-order valence-electron chi connectivity index (χ2n) is 4.99. The van der Waals surface area contributed by atoms with Gasteiger partial charge in [0.25, 0.3) is 0 Å². The fourth-order valence-electron chi connectivity index (χ4n) is 1.97. The molecule has 0 radical (unpaired) electrons. The van der Waals surface area contributed by atoms with Gasteiger partial charge in [0, 0.05) is 11.1 Å². The number of nitrogens with one attached hydrogen (secondary N) is 1. The van der Waals surface area contributed by atoms with Gasteiger partial charge in [-0.15, -0.1) is 0 Å². The molecule has 0 bridgehead atoms. The molecule has 0 heterocycles. The summed E-state index contributed by atoms with van der Waals surface area (Å²) in [6.45, 7) is 3.99. The van der Waals surface area contributed by atoms with Crippen LogP contribution in [-0.4, -0.2) is 16.9 Å². The van der Waals surface area contributed by atoms with Gasteiger partial charge >= 0.3 is 0 Å². The average Bonchev–Trinajstić information content (AvgIpc) is 2.49. The van der Waals surface area contributed by atoms with Crippen molar-refractivity contribution < 1.29 is 4.74 Å². The molecule has 0 aliphatic rings. The van der Waals surface area contributed by atoms with Crippen molar-refractivity contribution in [1.29, 1.82) is 0 Å². The summed E-state index contributed by atoms with van der Waals surface area (Å²) >= 11 is 4.82. The Kier molecular flexibility index (Phi) is 5.49. The summed E-state index contributed by atoms with van der Waals surface area (Å²) in [5, 5.41) is 4.45. The van der Waals surface area contributed by atoms with Crippen LogP contribution in [0, 0.1) is 0 Å². The fraction of sp³-hybridized carbons (Fsp3) is 0.176. The lowest BCUT2D eigenvalue weighted by Crippen LogP contribution is -2.26.